The summed E-state index contributed by atoms with van der Waals surface area (Å²) < 4.78 is 15.1. The maximum atomic E-state index is 13.2. The smallest absolute Gasteiger partial charge is 0.153 e. The van der Waals surface area contributed by atoms with Crippen molar-refractivity contribution in [1.82, 2.24) is 20.2 Å². The number of hydrogen-bond acceptors (Lipinski definition) is 3. The zero-order valence-corrected chi connectivity index (χ0v) is 8.86. The second kappa shape index (κ2) is 3.45. The fourth-order valence-electron chi connectivity index (χ4n) is 1.09. The number of halogens is 2. The van der Waals surface area contributed by atoms with Gasteiger partial charge in [-0.05, 0) is 45.4 Å². The Morgan fingerprint density at radius 3 is 2.79 bits per heavy atom. The van der Waals surface area contributed by atoms with Crippen molar-refractivity contribution in [1.29, 1.82) is 0 Å². The summed E-state index contributed by atoms with van der Waals surface area (Å²) in [6.45, 7) is 1.75. The quantitative estimate of drug-likeness (QED) is 0.783. The largest absolute Gasteiger partial charge is 0.206 e. The number of tetrazole rings is 1. The Labute approximate surface area is 87.9 Å². The van der Waals surface area contributed by atoms with Gasteiger partial charge in [-0.25, -0.2) is 4.39 Å². The van der Waals surface area contributed by atoms with E-state index in [0.717, 1.165) is 0 Å². The summed E-state index contributed by atoms with van der Waals surface area (Å²) in [4.78, 5) is 0. The molecule has 14 heavy (non-hydrogen) atoms. The first-order valence-corrected chi connectivity index (χ1v) is 4.68. The predicted octanol–water partition coefficient (Wildman–Crippen LogP) is 1.87. The Morgan fingerprint density at radius 2 is 2.21 bits per heavy atom. The normalized spacial score (nSPS) is 10.5. The second-order valence-corrected chi connectivity index (χ2v) is 3.59. The van der Waals surface area contributed by atoms with Gasteiger partial charge in [-0.1, -0.05) is 0 Å². The van der Waals surface area contributed by atoms with E-state index in [1.807, 2.05) is 0 Å². The van der Waals surface area contributed by atoms with E-state index in [4.69, 9.17) is 0 Å². The molecule has 1 aromatic heterocycles. The van der Waals surface area contributed by atoms with E-state index in [-0.39, 0.29) is 5.82 Å². The van der Waals surface area contributed by atoms with Crippen molar-refractivity contribution in [2.45, 2.75) is 6.92 Å². The first kappa shape index (κ1) is 9.26. The first-order chi connectivity index (χ1) is 6.68. The molecule has 0 radical (unpaired) electrons. The van der Waals surface area contributed by atoms with Crippen molar-refractivity contribution in [3.05, 3.63) is 34.3 Å². The molecule has 0 aliphatic heterocycles. The molecule has 0 atom stereocenters. The molecule has 0 N–H and O–H groups in total. The number of aromatic nitrogens is 4. The summed E-state index contributed by atoms with van der Waals surface area (Å²) in [6.07, 6.45) is 0. The fourth-order valence-corrected chi connectivity index (χ4v) is 1.33. The molecule has 2 aromatic rings. The first-order valence-electron chi connectivity index (χ1n) is 3.89. The van der Waals surface area contributed by atoms with Crippen LogP contribution in [-0.2, 0) is 0 Å². The van der Waals surface area contributed by atoms with Crippen LogP contribution in [0.15, 0.2) is 22.7 Å². The highest BCUT2D eigenvalue weighted by atomic mass is 79.9. The molecule has 0 saturated carbocycles. The minimum absolute atomic E-state index is 0.336. The van der Waals surface area contributed by atoms with Gasteiger partial charge >= 0.3 is 0 Å². The zero-order valence-electron chi connectivity index (χ0n) is 7.28. The number of rotatable bonds is 1. The summed E-state index contributed by atoms with van der Waals surface area (Å²) >= 11 is 3.08. The van der Waals surface area contributed by atoms with Crippen LogP contribution in [0.1, 0.15) is 5.82 Å². The van der Waals surface area contributed by atoms with Crippen molar-refractivity contribution >= 4 is 15.9 Å². The molecule has 4 nitrogen and oxygen atoms in total. The lowest BCUT2D eigenvalue weighted by Gasteiger charge is -2.01. The second-order valence-electron chi connectivity index (χ2n) is 2.74. The lowest BCUT2D eigenvalue weighted by atomic mass is 10.3. The molecular weight excluding hydrogens is 251 g/mol. The van der Waals surface area contributed by atoms with Crippen molar-refractivity contribution in [3.8, 4) is 5.69 Å². The van der Waals surface area contributed by atoms with Crippen LogP contribution in [0.5, 0.6) is 0 Å². The van der Waals surface area contributed by atoms with Gasteiger partial charge in [-0.15, -0.1) is 5.10 Å². The van der Waals surface area contributed by atoms with Crippen LogP contribution < -0.4 is 0 Å². The SMILES string of the molecule is Cc1nnnn1-c1ccc(Br)c(F)c1. The summed E-state index contributed by atoms with van der Waals surface area (Å²) in [5, 5.41) is 10.9. The van der Waals surface area contributed by atoms with E-state index in [1.54, 1.807) is 19.1 Å². The summed E-state index contributed by atoms with van der Waals surface area (Å²) in [7, 11) is 0. The highest BCUT2D eigenvalue weighted by Gasteiger charge is 2.06. The third kappa shape index (κ3) is 1.52. The van der Waals surface area contributed by atoms with Gasteiger partial charge in [-0.2, -0.15) is 4.68 Å². The van der Waals surface area contributed by atoms with Crippen molar-refractivity contribution in [2.24, 2.45) is 0 Å². The monoisotopic (exact) mass is 256 g/mol. The third-order valence-corrected chi connectivity index (χ3v) is 2.42. The van der Waals surface area contributed by atoms with E-state index in [1.165, 1.54) is 10.7 Å². The average molecular weight is 257 g/mol. The molecule has 0 saturated heterocycles. The molecule has 72 valence electrons. The van der Waals surface area contributed by atoms with Gasteiger partial charge in [0.1, 0.15) is 5.82 Å². The number of nitrogens with zero attached hydrogens (tertiary/aromatic N) is 4. The Balaban J connectivity index is 2.53. The fraction of sp³-hybridized carbons (Fsp3) is 0.125. The molecule has 6 heteroatoms. The van der Waals surface area contributed by atoms with E-state index < -0.39 is 0 Å². The van der Waals surface area contributed by atoms with E-state index >= 15 is 0 Å². The topological polar surface area (TPSA) is 43.6 Å². The maximum absolute atomic E-state index is 13.2. The number of aryl methyl sites for hydroxylation is 1. The molecule has 0 unspecified atom stereocenters. The minimum Gasteiger partial charge on any atom is -0.206 e. The van der Waals surface area contributed by atoms with Crippen LogP contribution in [0.4, 0.5) is 4.39 Å². The standard InChI is InChI=1S/C8H6BrFN4/c1-5-11-12-13-14(5)6-2-3-7(9)8(10)4-6/h2-4H,1H3. The zero-order chi connectivity index (χ0) is 10.1. The minimum atomic E-state index is -0.336. The third-order valence-electron chi connectivity index (χ3n) is 1.77. The number of benzene rings is 1. The van der Waals surface area contributed by atoms with Crippen LogP contribution in [0.2, 0.25) is 0 Å². The average Bonchev–Trinajstić information content (AvgIpc) is 2.57. The molecular formula is C8H6BrFN4. The van der Waals surface area contributed by atoms with Gasteiger partial charge in [0.2, 0.25) is 0 Å². The van der Waals surface area contributed by atoms with Gasteiger partial charge in [0.15, 0.2) is 5.82 Å². The van der Waals surface area contributed by atoms with E-state index in [0.29, 0.717) is 16.0 Å². The molecule has 2 rings (SSSR count). The summed E-state index contributed by atoms with van der Waals surface area (Å²) in [5.74, 6) is 0.282. The Morgan fingerprint density at radius 1 is 1.43 bits per heavy atom. The summed E-state index contributed by atoms with van der Waals surface area (Å²) in [6, 6.07) is 4.72. The van der Waals surface area contributed by atoms with E-state index in [9.17, 15) is 4.39 Å². The van der Waals surface area contributed by atoms with Crippen molar-refractivity contribution in [2.75, 3.05) is 0 Å². The molecule has 1 heterocycles. The molecule has 1 aromatic carbocycles. The predicted molar refractivity (Wildman–Crippen MR) is 51.5 cm³/mol. The van der Waals surface area contributed by atoms with Crippen LogP contribution in [-0.4, -0.2) is 20.2 Å². The molecule has 0 spiro atoms. The van der Waals surface area contributed by atoms with Crippen LogP contribution >= 0.6 is 15.9 Å². The maximum Gasteiger partial charge on any atom is 0.153 e. The van der Waals surface area contributed by atoms with Gasteiger partial charge < -0.3 is 0 Å². The van der Waals surface area contributed by atoms with Gasteiger partial charge in [0.05, 0.1) is 10.2 Å². The van der Waals surface area contributed by atoms with Crippen LogP contribution in [0.3, 0.4) is 0 Å². The number of hydrogen-bond donors (Lipinski definition) is 0. The van der Waals surface area contributed by atoms with Crippen LogP contribution in [0, 0.1) is 12.7 Å². The van der Waals surface area contributed by atoms with Crippen LogP contribution in [0.25, 0.3) is 5.69 Å². The van der Waals surface area contributed by atoms with E-state index in [2.05, 4.69) is 31.5 Å². The molecule has 0 fully saturated rings. The van der Waals surface area contributed by atoms with Gasteiger partial charge in [0.25, 0.3) is 0 Å². The van der Waals surface area contributed by atoms with Gasteiger partial charge in [-0.3, -0.25) is 0 Å². The van der Waals surface area contributed by atoms with Crippen molar-refractivity contribution < 1.29 is 4.39 Å². The molecule has 0 bridgehead atoms. The highest BCUT2D eigenvalue weighted by molar-refractivity contribution is 9.10. The lowest BCUT2D eigenvalue weighted by molar-refractivity contribution is 0.617. The highest BCUT2D eigenvalue weighted by Crippen LogP contribution is 2.18. The van der Waals surface area contributed by atoms with Crippen molar-refractivity contribution in [3.63, 3.8) is 0 Å². The Hall–Kier alpha value is -1.30. The molecule has 0 aliphatic rings. The van der Waals surface area contributed by atoms with Gasteiger partial charge in [0, 0.05) is 6.07 Å². The lowest BCUT2D eigenvalue weighted by Crippen LogP contribution is -1.99. The summed E-state index contributed by atoms with van der Waals surface area (Å²) in [5.41, 5.74) is 0.605. The molecule has 0 amide bonds. The Kier molecular flexibility index (Phi) is 2.28. The molecule has 0 aliphatic carbocycles. The Bertz CT molecular complexity index is 468.